The molecule has 0 fully saturated rings. The fourth-order valence-corrected chi connectivity index (χ4v) is 4.90. The number of methoxy groups -OCH3 is 2. The first-order valence-corrected chi connectivity index (χ1v) is 11.3. The van der Waals surface area contributed by atoms with Gasteiger partial charge in [-0.15, -0.1) is 0 Å². The number of phenols is 1. The number of aromatic hydroxyl groups is 1. The van der Waals surface area contributed by atoms with Gasteiger partial charge in [0.15, 0.2) is 17.3 Å². The highest BCUT2D eigenvalue weighted by Gasteiger charge is 2.41. The van der Waals surface area contributed by atoms with Gasteiger partial charge in [0.05, 0.1) is 26.4 Å². The third-order valence-electron chi connectivity index (χ3n) is 6.41. The highest BCUT2D eigenvalue weighted by Crippen LogP contribution is 2.46. The van der Waals surface area contributed by atoms with E-state index in [1.165, 1.54) is 0 Å². The van der Waals surface area contributed by atoms with E-state index in [1.807, 2.05) is 31.2 Å². The Labute approximate surface area is 199 Å². The molecule has 1 aliphatic heterocycles. The molecule has 7 nitrogen and oxygen atoms in total. The predicted molar refractivity (Wildman–Crippen MR) is 127 cm³/mol. The normalized spacial score (nSPS) is 19.9. The molecule has 2 atom stereocenters. The molecule has 0 amide bonds. The summed E-state index contributed by atoms with van der Waals surface area (Å²) in [7, 11) is 3.17. The lowest BCUT2D eigenvalue weighted by Gasteiger charge is -2.36. The molecule has 2 aromatic rings. The molecule has 2 N–H and O–H groups in total. The van der Waals surface area contributed by atoms with E-state index in [1.54, 1.807) is 39.3 Å². The van der Waals surface area contributed by atoms with Gasteiger partial charge in [-0.1, -0.05) is 18.2 Å². The number of ketones is 1. The van der Waals surface area contributed by atoms with Gasteiger partial charge in [-0.05, 0) is 61.6 Å². The lowest BCUT2D eigenvalue weighted by atomic mass is 9.71. The minimum Gasteiger partial charge on any atom is -0.508 e. The van der Waals surface area contributed by atoms with Crippen LogP contribution in [-0.2, 0) is 14.3 Å². The van der Waals surface area contributed by atoms with Gasteiger partial charge in [-0.2, -0.15) is 0 Å². The first-order valence-electron chi connectivity index (χ1n) is 11.3. The second-order valence-corrected chi connectivity index (χ2v) is 8.45. The van der Waals surface area contributed by atoms with Crippen molar-refractivity contribution in [3.05, 3.63) is 76.1 Å². The predicted octanol–water partition coefficient (Wildman–Crippen LogP) is 4.33. The van der Waals surface area contributed by atoms with Crippen molar-refractivity contribution in [3.63, 3.8) is 0 Å². The number of carbonyl (C=O) groups is 2. The van der Waals surface area contributed by atoms with Crippen LogP contribution in [0.3, 0.4) is 0 Å². The first kappa shape index (κ1) is 23.4. The number of ether oxygens (including phenoxy) is 3. The molecule has 7 heteroatoms. The van der Waals surface area contributed by atoms with Crippen LogP contribution in [-0.4, -0.2) is 37.7 Å². The summed E-state index contributed by atoms with van der Waals surface area (Å²) in [5.74, 6) is 0.137. The Bertz CT molecular complexity index is 1200. The third kappa shape index (κ3) is 4.25. The summed E-state index contributed by atoms with van der Waals surface area (Å²) in [6.45, 7) is 3.79. The molecule has 178 valence electrons. The average Bonchev–Trinajstić information content (AvgIpc) is 2.82. The molecule has 0 radical (unpaired) electrons. The van der Waals surface area contributed by atoms with Gasteiger partial charge in [0.2, 0.25) is 0 Å². The largest absolute Gasteiger partial charge is 0.508 e. The summed E-state index contributed by atoms with van der Waals surface area (Å²) in [6, 6.07) is 12.4. The maximum Gasteiger partial charge on any atom is 0.336 e. The summed E-state index contributed by atoms with van der Waals surface area (Å²) in [5, 5.41) is 13.4. The monoisotopic (exact) mass is 463 g/mol. The smallest absolute Gasteiger partial charge is 0.336 e. The van der Waals surface area contributed by atoms with Crippen molar-refractivity contribution in [1.82, 2.24) is 5.32 Å². The van der Waals surface area contributed by atoms with Gasteiger partial charge in [0.25, 0.3) is 0 Å². The molecule has 0 unspecified atom stereocenters. The van der Waals surface area contributed by atoms with Crippen LogP contribution in [0.15, 0.2) is 65.0 Å². The number of phenolic OH excluding ortho intramolecular Hbond substituents is 1. The number of nitrogens with one attached hydrogen (secondary N) is 1. The van der Waals surface area contributed by atoms with Crippen molar-refractivity contribution in [2.75, 3.05) is 20.8 Å². The maximum atomic E-state index is 13.6. The van der Waals surface area contributed by atoms with Gasteiger partial charge in [0, 0.05) is 29.3 Å². The fraction of sp³-hybridized carbons (Fsp3) is 0.333. The standard InChI is InChI=1S/C27H29NO6/c1-5-34-27(31)24-15(2)28-20-12-18(16-9-10-22(32-3)23(14-16)33-4)13-21(30)26(20)25(24)17-7-6-8-19(29)11-17/h6-11,14,18,25,28-29H,5,12-13H2,1-4H3/t18-,25+/m0/s1. The number of Topliss-reactive ketones (excluding diaryl/α,β-unsaturated/α-hetero) is 1. The summed E-state index contributed by atoms with van der Waals surface area (Å²) < 4.78 is 16.1. The zero-order chi connectivity index (χ0) is 24.4. The van der Waals surface area contributed by atoms with Gasteiger partial charge in [0.1, 0.15) is 5.75 Å². The molecule has 4 rings (SSSR count). The van der Waals surface area contributed by atoms with Crippen LogP contribution < -0.4 is 14.8 Å². The lowest BCUT2D eigenvalue weighted by molar-refractivity contribution is -0.138. The Balaban J connectivity index is 1.78. The van der Waals surface area contributed by atoms with Crippen LogP contribution in [0.5, 0.6) is 17.2 Å². The molecule has 0 saturated carbocycles. The van der Waals surface area contributed by atoms with E-state index < -0.39 is 11.9 Å². The molecule has 0 saturated heterocycles. The molecule has 34 heavy (non-hydrogen) atoms. The molecule has 2 aliphatic rings. The number of dihydropyridines is 1. The van der Waals surface area contributed by atoms with E-state index in [2.05, 4.69) is 5.32 Å². The Kier molecular flexibility index (Phi) is 6.63. The molecule has 0 bridgehead atoms. The Hall–Kier alpha value is -3.74. The number of rotatable bonds is 6. The molecular formula is C27H29NO6. The Morgan fingerprint density at radius 1 is 1.06 bits per heavy atom. The lowest BCUT2D eigenvalue weighted by Crippen LogP contribution is -2.36. The van der Waals surface area contributed by atoms with Crippen molar-refractivity contribution in [2.24, 2.45) is 0 Å². The Morgan fingerprint density at radius 2 is 1.82 bits per heavy atom. The van der Waals surface area contributed by atoms with Crippen LogP contribution in [0.2, 0.25) is 0 Å². The van der Waals surface area contributed by atoms with Crippen LogP contribution in [0.4, 0.5) is 0 Å². The summed E-state index contributed by atoms with van der Waals surface area (Å²) in [5.41, 5.74) is 4.03. The topological polar surface area (TPSA) is 94.1 Å². The number of carbonyl (C=O) groups excluding carboxylic acids is 2. The van der Waals surface area contributed by atoms with Gasteiger partial charge >= 0.3 is 5.97 Å². The molecule has 1 heterocycles. The van der Waals surface area contributed by atoms with Crippen molar-refractivity contribution in [1.29, 1.82) is 0 Å². The summed E-state index contributed by atoms with van der Waals surface area (Å²) in [6.07, 6.45) is 0.889. The highest BCUT2D eigenvalue weighted by molar-refractivity contribution is 6.04. The van der Waals surface area contributed by atoms with Crippen LogP contribution in [0.25, 0.3) is 0 Å². The zero-order valence-corrected chi connectivity index (χ0v) is 19.8. The average molecular weight is 464 g/mol. The third-order valence-corrected chi connectivity index (χ3v) is 6.41. The van der Waals surface area contributed by atoms with E-state index >= 15 is 0 Å². The molecule has 0 aromatic heterocycles. The van der Waals surface area contributed by atoms with E-state index in [0.717, 1.165) is 11.3 Å². The Morgan fingerprint density at radius 3 is 2.50 bits per heavy atom. The quantitative estimate of drug-likeness (QED) is 0.616. The number of benzene rings is 2. The first-order chi connectivity index (χ1) is 16.4. The van der Waals surface area contributed by atoms with Crippen LogP contribution >= 0.6 is 0 Å². The second-order valence-electron chi connectivity index (χ2n) is 8.45. The van der Waals surface area contributed by atoms with Crippen molar-refractivity contribution in [2.45, 2.75) is 38.5 Å². The van der Waals surface area contributed by atoms with Crippen molar-refractivity contribution >= 4 is 11.8 Å². The summed E-state index contributed by atoms with van der Waals surface area (Å²) in [4.78, 5) is 26.5. The number of esters is 1. The molecule has 0 spiro atoms. The molecule has 2 aromatic carbocycles. The number of hydrogen-bond acceptors (Lipinski definition) is 7. The van der Waals surface area contributed by atoms with E-state index in [-0.39, 0.29) is 24.1 Å². The minimum absolute atomic E-state index is 0.0452. The number of allylic oxidation sites excluding steroid dienone is 3. The van der Waals surface area contributed by atoms with Gasteiger partial charge in [-0.25, -0.2) is 4.79 Å². The van der Waals surface area contributed by atoms with Crippen molar-refractivity contribution in [3.8, 4) is 17.2 Å². The maximum absolute atomic E-state index is 13.6. The van der Waals surface area contributed by atoms with E-state index in [9.17, 15) is 14.7 Å². The molecule has 1 aliphatic carbocycles. The zero-order valence-electron chi connectivity index (χ0n) is 19.8. The van der Waals surface area contributed by atoms with E-state index in [4.69, 9.17) is 14.2 Å². The second kappa shape index (κ2) is 9.63. The van der Waals surface area contributed by atoms with Crippen molar-refractivity contribution < 1.29 is 28.9 Å². The van der Waals surface area contributed by atoms with Gasteiger partial charge in [-0.3, -0.25) is 4.79 Å². The minimum atomic E-state index is -0.610. The van der Waals surface area contributed by atoms with Crippen LogP contribution in [0, 0.1) is 0 Å². The highest BCUT2D eigenvalue weighted by atomic mass is 16.5. The number of hydrogen-bond donors (Lipinski definition) is 2. The summed E-state index contributed by atoms with van der Waals surface area (Å²) >= 11 is 0. The van der Waals surface area contributed by atoms with Gasteiger partial charge < -0.3 is 24.6 Å². The van der Waals surface area contributed by atoms with E-state index in [0.29, 0.717) is 46.7 Å². The SMILES string of the molecule is CCOC(=O)C1=C(C)NC2=C(C(=O)C[C@@H](c3ccc(OC)c(OC)c3)C2)[C@@H]1c1cccc(O)c1. The van der Waals surface area contributed by atoms with Crippen LogP contribution in [0.1, 0.15) is 49.7 Å². The fourth-order valence-electron chi connectivity index (χ4n) is 4.90. The molecular weight excluding hydrogens is 434 g/mol.